The van der Waals surface area contributed by atoms with Crippen LogP contribution in [0.3, 0.4) is 0 Å². The number of rotatable bonds is 5. The van der Waals surface area contributed by atoms with Crippen molar-refractivity contribution in [3.8, 4) is 0 Å². The molecule has 0 spiro atoms. The molecule has 28 heavy (non-hydrogen) atoms. The maximum absolute atomic E-state index is 13.2. The second-order valence-electron chi connectivity index (χ2n) is 6.82. The van der Waals surface area contributed by atoms with Gasteiger partial charge in [0, 0.05) is 19.6 Å². The van der Waals surface area contributed by atoms with Crippen molar-refractivity contribution in [1.82, 2.24) is 10.2 Å². The molecule has 0 radical (unpaired) electrons. The Hall–Kier alpha value is -2.67. The highest BCUT2D eigenvalue weighted by molar-refractivity contribution is 7.91. The Balaban J connectivity index is 1.79. The van der Waals surface area contributed by atoms with Crippen LogP contribution in [0.1, 0.15) is 30.1 Å². The smallest absolute Gasteiger partial charge is 0.311 e. The molecule has 148 valence electrons. The topological polar surface area (TPSA) is 83.5 Å². The number of benzene rings is 2. The summed E-state index contributed by atoms with van der Waals surface area (Å²) in [6.45, 7) is 0.965. The number of hydrogen-bond donors (Lipinski definition) is 1. The zero-order valence-corrected chi connectivity index (χ0v) is 16.4. The first-order valence-electron chi connectivity index (χ1n) is 9.41. The Kier molecular flexibility index (Phi) is 6.46. The summed E-state index contributed by atoms with van der Waals surface area (Å²) in [7, 11) is -3.74. The van der Waals surface area contributed by atoms with Crippen LogP contribution in [0.15, 0.2) is 65.6 Å². The summed E-state index contributed by atoms with van der Waals surface area (Å²) in [5, 5.41) is 1.57. The largest absolute Gasteiger partial charge is 0.346 e. The standard InChI is InChI=1S/C21H24N2O4S/c24-20(21(25)23-14-8-3-9-15-23)22-16-19(17-10-4-1-5-11-17)28(26,27)18-12-6-2-7-13-18/h1-2,4-7,10-13,19H,3,8-9,14-16H2,(H,22,24)/t19-/m0/s1. The molecule has 0 aliphatic carbocycles. The van der Waals surface area contributed by atoms with Gasteiger partial charge >= 0.3 is 11.8 Å². The van der Waals surface area contributed by atoms with Gasteiger partial charge in [0.2, 0.25) is 0 Å². The molecule has 2 aromatic carbocycles. The third-order valence-electron chi connectivity index (χ3n) is 4.90. The fourth-order valence-electron chi connectivity index (χ4n) is 3.35. The second kappa shape index (κ2) is 9.01. The van der Waals surface area contributed by atoms with Crippen molar-refractivity contribution in [2.45, 2.75) is 29.4 Å². The highest BCUT2D eigenvalue weighted by Crippen LogP contribution is 2.28. The third-order valence-corrected chi connectivity index (χ3v) is 7.02. The lowest BCUT2D eigenvalue weighted by Crippen LogP contribution is -2.46. The van der Waals surface area contributed by atoms with Crippen LogP contribution >= 0.6 is 0 Å². The molecular formula is C21H24N2O4S. The van der Waals surface area contributed by atoms with Crippen molar-refractivity contribution >= 4 is 21.7 Å². The van der Waals surface area contributed by atoms with E-state index in [-0.39, 0.29) is 11.4 Å². The Morgan fingerprint density at radius 2 is 1.46 bits per heavy atom. The van der Waals surface area contributed by atoms with Crippen molar-refractivity contribution in [1.29, 1.82) is 0 Å². The van der Waals surface area contributed by atoms with Gasteiger partial charge in [0.1, 0.15) is 5.25 Å². The summed E-state index contributed by atoms with van der Waals surface area (Å²) < 4.78 is 26.3. The minimum absolute atomic E-state index is 0.167. The maximum atomic E-state index is 13.2. The molecule has 0 unspecified atom stereocenters. The van der Waals surface area contributed by atoms with E-state index in [9.17, 15) is 18.0 Å². The van der Waals surface area contributed by atoms with Gasteiger partial charge in [-0.15, -0.1) is 0 Å². The lowest BCUT2D eigenvalue weighted by Gasteiger charge is -2.26. The van der Waals surface area contributed by atoms with E-state index < -0.39 is 26.9 Å². The average molecular weight is 401 g/mol. The van der Waals surface area contributed by atoms with E-state index in [0.717, 1.165) is 19.3 Å². The lowest BCUT2D eigenvalue weighted by molar-refractivity contribution is -0.146. The first-order chi connectivity index (χ1) is 13.5. The fourth-order valence-corrected chi connectivity index (χ4v) is 5.03. The molecule has 1 aliphatic heterocycles. The van der Waals surface area contributed by atoms with Gasteiger partial charge in [0.05, 0.1) is 4.90 Å². The number of piperidine rings is 1. The molecule has 0 saturated carbocycles. The van der Waals surface area contributed by atoms with Crippen molar-refractivity contribution in [2.24, 2.45) is 0 Å². The minimum Gasteiger partial charge on any atom is -0.346 e. The van der Waals surface area contributed by atoms with Crippen molar-refractivity contribution < 1.29 is 18.0 Å². The third kappa shape index (κ3) is 4.59. The first kappa shape index (κ1) is 20.1. The Labute approximate surface area is 165 Å². The van der Waals surface area contributed by atoms with Gasteiger partial charge in [-0.2, -0.15) is 0 Å². The highest BCUT2D eigenvalue weighted by atomic mass is 32.2. The molecule has 0 aromatic heterocycles. The molecule has 0 bridgehead atoms. The zero-order chi connectivity index (χ0) is 20.0. The predicted molar refractivity (Wildman–Crippen MR) is 106 cm³/mol. The number of nitrogens with one attached hydrogen (secondary N) is 1. The van der Waals surface area contributed by atoms with Gasteiger partial charge in [0.25, 0.3) is 0 Å². The summed E-state index contributed by atoms with van der Waals surface area (Å²) in [6, 6.07) is 16.9. The van der Waals surface area contributed by atoms with Crippen molar-refractivity contribution in [3.05, 3.63) is 66.2 Å². The van der Waals surface area contributed by atoms with Crippen LogP contribution in [0.4, 0.5) is 0 Å². The molecular weight excluding hydrogens is 376 g/mol. The van der Waals surface area contributed by atoms with E-state index in [1.54, 1.807) is 48.5 Å². The molecule has 3 rings (SSSR count). The Morgan fingerprint density at radius 3 is 2.07 bits per heavy atom. The molecule has 1 atom stereocenters. The molecule has 1 fully saturated rings. The average Bonchev–Trinajstić information content (AvgIpc) is 2.75. The summed E-state index contributed by atoms with van der Waals surface area (Å²) in [5.74, 6) is -1.35. The minimum atomic E-state index is -3.74. The quantitative estimate of drug-likeness (QED) is 0.781. The van der Waals surface area contributed by atoms with Gasteiger partial charge < -0.3 is 10.2 Å². The lowest BCUT2D eigenvalue weighted by atomic mass is 10.1. The van der Waals surface area contributed by atoms with E-state index in [4.69, 9.17) is 0 Å². The van der Waals surface area contributed by atoms with Crippen LogP contribution in [0.2, 0.25) is 0 Å². The van der Waals surface area contributed by atoms with Gasteiger partial charge in [-0.25, -0.2) is 8.42 Å². The number of nitrogens with zero attached hydrogens (tertiary/aromatic N) is 1. The van der Waals surface area contributed by atoms with Crippen LogP contribution in [0.5, 0.6) is 0 Å². The van der Waals surface area contributed by atoms with Gasteiger partial charge in [-0.1, -0.05) is 48.5 Å². The van der Waals surface area contributed by atoms with E-state index in [0.29, 0.717) is 18.7 Å². The monoisotopic (exact) mass is 400 g/mol. The Morgan fingerprint density at radius 1 is 0.893 bits per heavy atom. The number of hydrogen-bond acceptors (Lipinski definition) is 4. The van der Waals surface area contributed by atoms with E-state index >= 15 is 0 Å². The second-order valence-corrected chi connectivity index (χ2v) is 8.95. The zero-order valence-electron chi connectivity index (χ0n) is 15.6. The summed E-state index contributed by atoms with van der Waals surface area (Å²) in [6.07, 6.45) is 2.82. The molecule has 7 heteroatoms. The molecule has 1 heterocycles. The van der Waals surface area contributed by atoms with Gasteiger partial charge in [-0.05, 0) is 37.0 Å². The first-order valence-corrected chi connectivity index (χ1v) is 11.0. The van der Waals surface area contributed by atoms with E-state index in [2.05, 4.69) is 5.32 Å². The number of carbonyl (C=O) groups excluding carboxylic acids is 2. The van der Waals surface area contributed by atoms with Crippen LogP contribution in [0, 0.1) is 0 Å². The van der Waals surface area contributed by atoms with Gasteiger partial charge in [0.15, 0.2) is 9.84 Å². The number of sulfone groups is 1. The van der Waals surface area contributed by atoms with Crippen LogP contribution in [-0.4, -0.2) is 44.8 Å². The molecule has 1 aliphatic rings. The molecule has 6 nitrogen and oxygen atoms in total. The summed E-state index contributed by atoms with van der Waals surface area (Å²) in [4.78, 5) is 26.4. The SMILES string of the molecule is O=C(NC[C@@H](c1ccccc1)S(=O)(=O)c1ccccc1)C(=O)N1CCCCC1. The number of amides is 2. The highest BCUT2D eigenvalue weighted by Gasteiger charge is 2.31. The normalized spacial score (nSPS) is 15.6. The van der Waals surface area contributed by atoms with E-state index in [1.807, 2.05) is 0 Å². The summed E-state index contributed by atoms with van der Waals surface area (Å²) in [5.41, 5.74) is 0.567. The summed E-state index contributed by atoms with van der Waals surface area (Å²) >= 11 is 0. The van der Waals surface area contributed by atoms with Crippen molar-refractivity contribution in [3.63, 3.8) is 0 Å². The Bertz CT molecular complexity index is 908. The molecule has 2 amide bonds. The fraction of sp³-hybridized carbons (Fsp3) is 0.333. The molecule has 1 N–H and O–H groups in total. The van der Waals surface area contributed by atoms with E-state index in [1.165, 1.54) is 17.0 Å². The number of likely N-dealkylation sites (tertiary alicyclic amines) is 1. The number of carbonyl (C=O) groups is 2. The maximum Gasteiger partial charge on any atom is 0.311 e. The molecule has 2 aromatic rings. The van der Waals surface area contributed by atoms with Crippen LogP contribution in [0.25, 0.3) is 0 Å². The van der Waals surface area contributed by atoms with Crippen LogP contribution in [-0.2, 0) is 19.4 Å². The van der Waals surface area contributed by atoms with Gasteiger partial charge in [-0.3, -0.25) is 9.59 Å². The predicted octanol–water partition coefficient (Wildman–Crippen LogP) is 2.33. The van der Waals surface area contributed by atoms with Crippen molar-refractivity contribution in [2.75, 3.05) is 19.6 Å². The van der Waals surface area contributed by atoms with Crippen LogP contribution < -0.4 is 5.32 Å². The molecule has 1 saturated heterocycles.